The van der Waals surface area contributed by atoms with Gasteiger partial charge in [-0.05, 0) is 5.56 Å². The van der Waals surface area contributed by atoms with Gasteiger partial charge in [0, 0.05) is 6.54 Å². The number of rotatable bonds is 4. The smallest absolute Gasteiger partial charge is 0.305 e. The highest BCUT2D eigenvalue weighted by Gasteiger charge is 2.34. The molecule has 96 valence electrons. The standard InChI is InChI=1S/C13H15NO4/c15-10-6-12(16)14(8-10)11(7-13(17)18)9-4-2-1-3-5-9/h1-5,10-11,15H,6-8H2,(H,17,18). The summed E-state index contributed by atoms with van der Waals surface area (Å²) in [5.74, 6) is -1.16. The van der Waals surface area contributed by atoms with Crippen LogP contribution >= 0.6 is 0 Å². The fourth-order valence-electron chi connectivity index (χ4n) is 2.26. The summed E-state index contributed by atoms with van der Waals surface area (Å²) in [5, 5.41) is 18.4. The van der Waals surface area contributed by atoms with Gasteiger partial charge in [-0.3, -0.25) is 9.59 Å². The van der Waals surface area contributed by atoms with E-state index in [2.05, 4.69) is 0 Å². The lowest BCUT2D eigenvalue weighted by atomic mass is 10.0. The minimum absolute atomic E-state index is 0.0724. The van der Waals surface area contributed by atoms with E-state index < -0.39 is 18.1 Å². The summed E-state index contributed by atoms with van der Waals surface area (Å²) in [7, 11) is 0. The van der Waals surface area contributed by atoms with Crippen molar-refractivity contribution < 1.29 is 19.8 Å². The fraction of sp³-hybridized carbons (Fsp3) is 0.385. The van der Waals surface area contributed by atoms with Crippen molar-refractivity contribution >= 4 is 11.9 Å². The Morgan fingerprint density at radius 2 is 2.06 bits per heavy atom. The van der Waals surface area contributed by atoms with Crippen molar-refractivity contribution in [3.63, 3.8) is 0 Å². The molecule has 2 atom stereocenters. The van der Waals surface area contributed by atoms with E-state index in [0.717, 1.165) is 5.56 Å². The minimum Gasteiger partial charge on any atom is -0.481 e. The molecule has 5 heteroatoms. The van der Waals surface area contributed by atoms with Crippen LogP contribution in [0, 0.1) is 0 Å². The largest absolute Gasteiger partial charge is 0.481 e. The second-order valence-electron chi connectivity index (χ2n) is 4.43. The number of aliphatic hydroxyl groups excluding tert-OH is 1. The molecule has 1 aromatic carbocycles. The normalized spacial score (nSPS) is 21.1. The van der Waals surface area contributed by atoms with Crippen LogP contribution in [-0.4, -0.2) is 39.6 Å². The van der Waals surface area contributed by atoms with Crippen LogP contribution in [0.25, 0.3) is 0 Å². The lowest BCUT2D eigenvalue weighted by molar-refractivity contribution is -0.139. The van der Waals surface area contributed by atoms with Crippen LogP contribution < -0.4 is 0 Å². The zero-order chi connectivity index (χ0) is 13.1. The summed E-state index contributed by atoms with van der Waals surface area (Å²) in [6.45, 7) is 0.200. The van der Waals surface area contributed by atoms with Crippen LogP contribution in [0.5, 0.6) is 0 Å². The van der Waals surface area contributed by atoms with Gasteiger partial charge < -0.3 is 15.1 Å². The molecule has 2 N–H and O–H groups in total. The SMILES string of the molecule is O=C(O)CC(c1ccccc1)N1CC(O)CC1=O. The molecule has 18 heavy (non-hydrogen) atoms. The van der Waals surface area contributed by atoms with Crippen molar-refractivity contribution in [2.24, 2.45) is 0 Å². The Bertz CT molecular complexity index is 446. The van der Waals surface area contributed by atoms with Gasteiger partial charge >= 0.3 is 5.97 Å². The van der Waals surface area contributed by atoms with E-state index in [-0.39, 0.29) is 25.3 Å². The average Bonchev–Trinajstić information content (AvgIpc) is 2.66. The third kappa shape index (κ3) is 2.68. The highest BCUT2D eigenvalue weighted by Crippen LogP contribution is 2.28. The molecule has 0 radical (unpaired) electrons. The maximum atomic E-state index is 11.8. The second kappa shape index (κ2) is 5.18. The Morgan fingerprint density at radius 1 is 1.39 bits per heavy atom. The van der Waals surface area contributed by atoms with Crippen molar-refractivity contribution in [2.45, 2.75) is 25.0 Å². The molecule has 1 aliphatic heterocycles. The number of aliphatic carboxylic acids is 1. The van der Waals surface area contributed by atoms with Gasteiger partial charge in [0.2, 0.25) is 5.91 Å². The quantitative estimate of drug-likeness (QED) is 0.827. The molecule has 1 heterocycles. The minimum atomic E-state index is -0.960. The van der Waals surface area contributed by atoms with Crippen molar-refractivity contribution in [2.75, 3.05) is 6.54 Å². The molecule has 0 aliphatic carbocycles. The monoisotopic (exact) mass is 249 g/mol. The number of aliphatic hydroxyl groups is 1. The third-order valence-corrected chi connectivity index (χ3v) is 3.07. The number of carbonyl (C=O) groups is 2. The molecule has 0 bridgehead atoms. The summed E-state index contributed by atoms with van der Waals surface area (Å²) in [5.41, 5.74) is 0.780. The Morgan fingerprint density at radius 3 is 2.56 bits per heavy atom. The van der Waals surface area contributed by atoms with Gasteiger partial charge in [0.1, 0.15) is 0 Å². The van der Waals surface area contributed by atoms with Crippen LogP contribution in [0.2, 0.25) is 0 Å². The molecule has 2 rings (SSSR count). The van der Waals surface area contributed by atoms with E-state index in [4.69, 9.17) is 5.11 Å². The summed E-state index contributed by atoms with van der Waals surface area (Å²) in [6, 6.07) is 8.54. The molecule has 1 saturated heterocycles. The number of carbonyl (C=O) groups excluding carboxylic acids is 1. The number of carboxylic acids is 1. The van der Waals surface area contributed by atoms with Gasteiger partial charge in [-0.25, -0.2) is 0 Å². The Kier molecular flexibility index (Phi) is 3.62. The number of hydrogen-bond donors (Lipinski definition) is 2. The number of hydrogen-bond acceptors (Lipinski definition) is 3. The van der Waals surface area contributed by atoms with Crippen LogP contribution in [-0.2, 0) is 9.59 Å². The molecule has 0 saturated carbocycles. The van der Waals surface area contributed by atoms with Crippen LogP contribution in [0.15, 0.2) is 30.3 Å². The number of nitrogens with zero attached hydrogens (tertiary/aromatic N) is 1. The fourth-order valence-corrected chi connectivity index (χ4v) is 2.26. The van der Waals surface area contributed by atoms with Crippen molar-refractivity contribution in [3.8, 4) is 0 Å². The molecular formula is C13H15NO4. The summed E-state index contributed by atoms with van der Waals surface area (Å²) >= 11 is 0. The van der Waals surface area contributed by atoms with E-state index in [9.17, 15) is 14.7 Å². The molecule has 0 aromatic heterocycles. The van der Waals surface area contributed by atoms with Crippen LogP contribution in [0.1, 0.15) is 24.4 Å². The zero-order valence-corrected chi connectivity index (χ0v) is 9.82. The van der Waals surface area contributed by atoms with Crippen molar-refractivity contribution in [3.05, 3.63) is 35.9 Å². The first kappa shape index (κ1) is 12.6. The van der Waals surface area contributed by atoms with E-state index in [0.29, 0.717) is 0 Å². The maximum Gasteiger partial charge on any atom is 0.305 e. The van der Waals surface area contributed by atoms with E-state index in [1.807, 2.05) is 6.07 Å². The van der Waals surface area contributed by atoms with Crippen LogP contribution in [0.4, 0.5) is 0 Å². The predicted molar refractivity (Wildman–Crippen MR) is 63.8 cm³/mol. The molecule has 1 amide bonds. The van der Waals surface area contributed by atoms with Gasteiger partial charge in [0.05, 0.1) is 25.0 Å². The first-order chi connectivity index (χ1) is 8.58. The zero-order valence-electron chi connectivity index (χ0n) is 9.82. The lowest BCUT2D eigenvalue weighted by Gasteiger charge is -2.27. The van der Waals surface area contributed by atoms with E-state index in [1.54, 1.807) is 24.3 Å². The number of likely N-dealkylation sites (tertiary alicyclic amines) is 1. The summed E-state index contributed by atoms with van der Waals surface area (Å²) < 4.78 is 0. The van der Waals surface area contributed by atoms with Gasteiger partial charge in [-0.1, -0.05) is 30.3 Å². The molecule has 5 nitrogen and oxygen atoms in total. The van der Waals surface area contributed by atoms with E-state index >= 15 is 0 Å². The van der Waals surface area contributed by atoms with Gasteiger partial charge in [-0.2, -0.15) is 0 Å². The number of carboxylic acid groups (broad SMARTS) is 1. The molecule has 0 spiro atoms. The molecule has 2 unspecified atom stereocenters. The number of β-amino-alcohol motifs (C(OH)–C–C–N with tert-alkyl or cyclic N) is 1. The topological polar surface area (TPSA) is 77.8 Å². The summed E-state index contributed by atoms with van der Waals surface area (Å²) in [6.07, 6.45) is -0.775. The maximum absolute atomic E-state index is 11.8. The molecule has 1 fully saturated rings. The summed E-state index contributed by atoms with van der Waals surface area (Å²) in [4.78, 5) is 24.1. The average molecular weight is 249 g/mol. The Hall–Kier alpha value is -1.88. The molecule has 1 aliphatic rings. The highest BCUT2D eigenvalue weighted by atomic mass is 16.4. The van der Waals surface area contributed by atoms with Crippen molar-refractivity contribution in [1.82, 2.24) is 4.90 Å². The van der Waals surface area contributed by atoms with Gasteiger partial charge in [0.25, 0.3) is 0 Å². The molecular weight excluding hydrogens is 234 g/mol. The molecule has 1 aromatic rings. The van der Waals surface area contributed by atoms with Gasteiger partial charge in [-0.15, -0.1) is 0 Å². The van der Waals surface area contributed by atoms with E-state index in [1.165, 1.54) is 4.90 Å². The Balaban J connectivity index is 2.26. The van der Waals surface area contributed by atoms with Crippen LogP contribution in [0.3, 0.4) is 0 Å². The third-order valence-electron chi connectivity index (χ3n) is 3.07. The first-order valence-electron chi connectivity index (χ1n) is 5.82. The van der Waals surface area contributed by atoms with Gasteiger partial charge in [0.15, 0.2) is 0 Å². The second-order valence-corrected chi connectivity index (χ2v) is 4.43. The number of benzene rings is 1. The Labute approximate surface area is 105 Å². The first-order valence-corrected chi connectivity index (χ1v) is 5.82. The predicted octanol–water partition coefficient (Wildman–Crippen LogP) is 0.796. The lowest BCUT2D eigenvalue weighted by Crippen LogP contribution is -2.32. The number of amides is 1. The highest BCUT2D eigenvalue weighted by molar-refractivity contribution is 5.80. The van der Waals surface area contributed by atoms with Crippen molar-refractivity contribution in [1.29, 1.82) is 0 Å².